The lowest BCUT2D eigenvalue weighted by Gasteiger charge is -2.29. The predicted molar refractivity (Wildman–Crippen MR) is 68.0 cm³/mol. The second-order valence-electron chi connectivity index (χ2n) is 4.00. The van der Waals surface area contributed by atoms with Gasteiger partial charge in [0, 0.05) is 6.54 Å². The van der Waals surface area contributed by atoms with Gasteiger partial charge in [0.25, 0.3) is 0 Å². The van der Waals surface area contributed by atoms with Crippen molar-refractivity contribution in [2.75, 3.05) is 23.2 Å². The monoisotopic (exact) mass is 255 g/mol. The predicted octanol–water partition coefficient (Wildman–Crippen LogP) is 2.02. The molecule has 1 aliphatic rings. The molecule has 4 nitrogen and oxygen atoms in total. The Kier molecular flexibility index (Phi) is 3.57. The molecule has 0 bridgehead atoms. The Morgan fingerprint density at radius 3 is 2.76 bits per heavy atom. The third-order valence-corrected chi connectivity index (χ3v) is 4.64. The molecule has 1 heterocycles. The Bertz CT molecular complexity index is 484. The number of rotatable bonds is 3. The molecule has 0 saturated carbocycles. The summed E-state index contributed by atoms with van der Waals surface area (Å²) in [6.45, 7) is 2.97. The van der Waals surface area contributed by atoms with E-state index in [0.717, 1.165) is 12.8 Å². The SMILES string of the molecule is CCOc1ccccc1N1CCCCS1(=O)=O. The fourth-order valence-corrected chi connectivity index (χ4v) is 3.65. The standard InChI is InChI=1S/C12H17NO3S/c1-2-16-12-8-4-3-7-11(12)13-9-5-6-10-17(13,14)15/h3-4,7-8H,2,5-6,9-10H2,1H3. The second-order valence-corrected chi connectivity index (χ2v) is 6.01. The molecule has 1 aromatic carbocycles. The molecule has 2 rings (SSSR count). The number of sulfonamides is 1. The molecule has 0 atom stereocenters. The van der Waals surface area contributed by atoms with E-state index in [1.807, 2.05) is 25.1 Å². The van der Waals surface area contributed by atoms with E-state index in [1.54, 1.807) is 6.07 Å². The van der Waals surface area contributed by atoms with Gasteiger partial charge < -0.3 is 4.74 Å². The first-order chi connectivity index (χ1) is 8.15. The van der Waals surface area contributed by atoms with Crippen LogP contribution in [0.25, 0.3) is 0 Å². The molecule has 0 amide bonds. The summed E-state index contributed by atoms with van der Waals surface area (Å²) < 4.78 is 31.0. The van der Waals surface area contributed by atoms with Crippen LogP contribution in [0.15, 0.2) is 24.3 Å². The van der Waals surface area contributed by atoms with Crippen molar-refractivity contribution < 1.29 is 13.2 Å². The molecule has 1 aromatic rings. The number of nitrogens with zero attached hydrogens (tertiary/aromatic N) is 1. The van der Waals surface area contributed by atoms with Crippen LogP contribution in [0.1, 0.15) is 19.8 Å². The van der Waals surface area contributed by atoms with Gasteiger partial charge in [0.2, 0.25) is 10.0 Å². The fourth-order valence-electron chi connectivity index (χ4n) is 2.00. The zero-order valence-corrected chi connectivity index (χ0v) is 10.7. The molecule has 5 heteroatoms. The maximum atomic E-state index is 12.0. The largest absolute Gasteiger partial charge is 0.492 e. The highest BCUT2D eigenvalue weighted by atomic mass is 32.2. The molecule has 0 aromatic heterocycles. The minimum absolute atomic E-state index is 0.230. The molecule has 0 aliphatic carbocycles. The number of hydrogen-bond donors (Lipinski definition) is 0. The van der Waals surface area contributed by atoms with Crippen LogP contribution in [0.5, 0.6) is 5.75 Å². The highest BCUT2D eigenvalue weighted by molar-refractivity contribution is 7.92. The van der Waals surface area contributed by atoms with E-state index in [4.69, 9.17) is 4.74 Å². The topological polar surface area (TPSA) is 46.6 Å². The van der Waals surface area contributed by atoms with Crippen molar-refractivity contribution >= 4 is 15.7 Å². The lowest BCUT2D eigenvalue weighted by Crippen LogP contribution is -2.38. The van der Waals surface area contributed by atoms with Crippen LogP contribution in [0.2, 0.25) is 0 Å². The molecule has 1 fully saturated rings. The first-order valence-corrected chi connectivity index (χ1v) is 7.48. The van der Waals surface area contributed by atoms with Gasteiger partial charge in [-0.2, -0.15) is 0 Å². The van der Waals surface area contributed by atoms with E-state index in [-0.39, 0.29) is 5.75 Å². The van der Waals surface area contributed by atoms with E-state index in [2.05, 4.69) is 0 Å². The number of para-hydroxylation sites is 2. The van der Waals surface area contributed by atoms with E-state index in [0.29, 0.717) is 24.6 Å². The van der Waals surface area contributed by atoms with Gasteiger partial charge in [0.1, 0.15) is 5.75 Å². The summed E-state index contributed by atoms with van der Waals surface area (Å²) in [5.74, 6) is 0.869. The Morgan fingerprint density at radius 2 is 2.06 bits per heavy atom. The van der Waals surface area contributed by atoms with Crippen molar-refractivity contribution in [1.82, 2.24) is 0 Å². The number of benzene rings is 1. The van der Waals surface area contributed by atoms with Crippen LogP contribution >= 0.6 is 0 Å². The Balaban J connectivity index is 2.38. The number of ether oxygens (including phenoxy) is 1. The van der Waals surface area contributed by atoms with Gasteiger partial charge in [-0.15, -0.1) is 0 Å². The van der Waals surface area contributed by atoms with Gasteiger partial charge in [-0.3, -0.25) is 4.31 Å². The first kappa shape index (κ1) is 12.2. The van der Waals surface area contributed by atoms with Crippen LogP contribution in [-0.2, 0) is 10.0 Å². The lowest BCUT2D eigenvalue weighted by molar-refractivity contribution is 0.341. The molecule has 94 valence electrons. The first-order valence-electron chi connectivity index (χ1n) is 5.87. The van der Waals surface area contributed by atoms with Crippen LogP contribution < -0.4 is 9.04 Å². The maximum absolute atomic E-state index is 12.0. The summed E-state index contributed by atoms with van der Waals surface area (Å²) in [6.07, 6.45) is 1.65. The number of hydrogen-bond acceptors (Lipinski definition) is 3. The minimum atomic E-state index is -3.16. The van der Waals surface area contributed by atoms with Gasteiger partial charge in [-0.25, -0.2) is 8.42 Å². The third-order valence-electron chi connectivity index (χ3n) is 2.78. The summed E-state index contributed by atoms with van der Waals surface area (Å²) in [5.41, 5.74) is 0.661. The van der Waals surface area contributed by atoms with Gasteiger partial charge >= 0.3 is 0 Å². The lowest BCUT2D eigenvalue weighted by atomic mass is 10.2. The fraction of sp³-hybridized carbons (Fsp3) is 0.500. The maximum Gasteiger partial charge on any atom is 0.235 e. The molecule has 1 saturated heterocycles. The minimum Gasteiger partial charge on any atom is -0.492 e. The summed E-state index contributed by atoms with van der Waals surface area (Å²) in [5, 5.41) is 0. The highest BCUT2D eigenvalue weighted by Crippen LogP contribution is 2.32. The van der Waals surface area contributed by atoms with E-state index < -0.39 is 10.0 Å². The van der Waals surface area contributed by atoms with Crippen molar-refractivity contribution in [1.29, 1.82) is 0 Å². The van der Waals surface area contributed by atoms with E-state index in [1.165, 1.54) is 4.31 Å². The smallest absolute Gasteiger partial charge is 0.235 e. The summed E-state index contributed by atoms with van der Waals surface area (Å²) in [4.78, 5) is 0. The Labute approximate surface area is 102 Å². The van der Waals surface area contributed by atoms with Crippen LogP contribution in [0, 0.1) is 0 Å². The van der Waals surface area contributed by atoms with Crippen LogP contribution in [-0.4, -0.2) is 27.3 Å². The highest BCUT2D eigenvalue weighted by Gasteiger charge is 2.27. The van der Waals surface area contributed by atoms with Gasteiger partial charge in [-0.1, -0.05) is 12.1 Å². The number of anilines is 1. The average Bonchev–Trinajstić information content (AvgIpc) is 2.30. The molecule has 0 N–H and O–H groups in total. The average molecular weight is 255 g/mol. The summed E-state index contributed by atoms with van der Waals surface area (Å²) in [6, 6.07) is 7.30. The van der Waals surface area contributed by atoms with Gasteiger partial charge in [-0.05, 0) is 31.9 Å². The third kappa shape index (κ3) is 2.54. The normalized spacial score (nSPS) is 19.0. The molecular weight excluding hydrogens is 238 g/mol. The molecule has 1 aliphatic heterocycles. The summed E-state index contributed by atoms with van der Waals surface area (Å²) in [7, 11) is -3.16. The van der Waals surface area contributed by atoms with Crippen molar-refractivity contribution in [3.63, 3.8) is 0 Å². The van der Waals surface area contributed by atoms with Gasteiger partial charge in [0.05, 0.1) is 18.0 Å². The molecule has 0 spiro atoms. The van der Waals surface area contributed by atoms with Crippen LogP contribution in [0.3, 0.4) is 0 Å². The molecule has 0 radical (unpaired) electrons. The molecule has 0 unspecified atom stereocenters. The Hall–Kier alpha value is -1.23. The molecule has 17 heavy (non-hydrogen) atoms. The van der Waals surface area contributed by atoms with Crippen molar-refractivity contribution in [3.8, 4) is 5.75 Å². The van der Waals surface area contributed by atoms with Crippen molar-refractivity contribution in [2.45, 2.75) is 19.8 Å². The second kappa shape index (κ2) is 4.96. The summed E-state index contributed by atoms with van der Waals surface area (Å²) >= 11 is 0. The van der Waals surface area contributed by atoms with Crippen molar-refractivity contribution in [3.05, 3.63) is 24.3 Å². The zero-order valence-electron chi connectivity index (χ0n) is 9.93. The quantitative estimate of drug-likeness (QED) is 0.830. The molecular formula is C12H17NO3S. The van der Waals surface area contributed by atoms with Crippen LogP contribution in [0.4, 0.5) is 5.69 Å². The van der Waals surface area contributed by atoms with Gasteiger partial charge in [0.15, 0.2) is 0 Å². The van der Waals surface area contributed by atoms with E-state index in [9.17, 15) is 8.42 Å². The Morgan fingerprint density at radius 1 is 1.29 bits per heavy atom. The zero-order chi connectivity index (χ0) is 12.3. The van der Waals surface area contributed by atoms with E-state index >= 15 is 0 Å². The van der Waals surface area contributed by atoms with Crippen molar-refractivity contribution in [2.24, 2.45) is 0 Å².